The number of ether oxygens (including phenoxy) is 2. The van der Waals surface area contributed by atoms with Crippen LogP contribution in [0.5, 0.6) is 0 Å². The van der Waals surface area contributed by atoms with Gasteiger partial charge < -0.3 is 9.47 Å². The quantitative estimate of drug-likeness (QED) is 0.559. The summed E-state index contributed by atoms with van der Waals surface area (Å²) in [6, 6.07) is 6.18. The Hall–Kier alpha value is -2.50. The van der Waals surface area contributed by atoms with Crippen molar-refractivity contribution in [2.45, 2.75) is 30.9 Å². The normalized spacial score (nSPS) is 19.2. The first kappa shape index (κ1) is 22.8. The van der Waals surface area contributed by atoms with Gasteiger partial charge in [-0.2, -0.15) is 0 Å². The molecule has 0 bridgehead atoms. The molecule has 10 nitrogen and oxygen atoms in total. The Morgan fingerprint density at radius 2 is 1.79 bits per heavy atom. The van der Waals surface area contributed by atoms with Gasteiger partial charge in [0.15, 0.2) is 5.84 Å². The highest BCUT2D eigenvalue weighted by Crippen LogP contribution is 2.32. The minimum absolute atomic E-state index is 0.0185. The molecule has 0 fully saturated rings. The van der Waals surface area contributed by atoms with Gasteiger partial charge in [0.2, 0.25) is 10.0 Å². The molecule has 1 aliphatic heterocycles. The van der Waals surface area contributed by atoms with Crippen molar-refractivity contribution in [2.24, 2.45) is 4.99 Å². The van der Waals surface area contributed by atoms with Crippen molar-refractivity contribution in [1.29, 1.82) is 0 Å². The fraction of sp³-hybridized carbons (Fsp3) is 0.500. The second-order valence-electron chi connectivity index (χ2n) is 6.29. The van der Waals surface area contributed by atoms with Crippen LogP contribution in [0.4, 0.5) is 0 Å². The number of sulfonamides is 1. The minimum atomic E-state index is -3.81. The summed E-state index contributed by atoms with van der Waals surface area (Å²) in [7, 11) is 0.475. The third-order valence-electron chi connectivity index (χ3n) is 4.04. The largest absolute Gasteiger partial charge is 0.466 e. The first-order valence-corrected chi connectivity index (χ1v) is 10.4. The van der Waals surface area contributed by atoms with Crippen molar-refractivity contribution in [3.05, 3.63) is 29.8 Å². The Morgan fingerprint density at radius 3 is 2.38 bits per heavy atom. The van der Waals surface area contributed by atoms with Crippen LogP contribution in [0.15, 0.2) is 34.2 Å². The molecular formula is C18H25N3O7S. The molecule has 0 aromatic heterocycles. The summed E-state index contributed by atoms with van der Waals surface area (Å²) in [5, 5.41) is 1.15. The zero-order valence-corrected chi connectivity index (χ0v) is 17.9. The van der Waals surface area contributed by atoms with Crippen LogP contribution in [0.2, 0.25) is 0 Å². The zero-order valence-electron chi connectivity index (χ0n) is 17.0. The van der Waals surface area contributed by atoms with Crippen LogP contribution in [0.25, 0.3) is 0 Å². The molecule has 1 aromatic rings. The summed E-state index contributed by atoms with van der Waals surface area (Å²) in [5.74, 6) is -1.50. The van der Waals surface area contributed by atoms with Gasteiger partial charge in [0, 0.05) is 26.7 Å². The lowest BCUT2D eigenvalue weighted by Crippen LogP contribution is -2.43. The maximum Gasteiger partial charge on any atom is 0.364 e. The second-order valence-corrected chi connectivity index (χ2v) is 8.41. The monoisotopic (exact) mass is 427 g/mol. The molecule has 0 aliphatic carbocycles. The zero-order chi connectivity index (χ0) is 21.8. The fourth-order valence-electron chi connectivity index (χ4n) is 2.71. The van der Waals surface area contributed by atoms with E-state index in [0.29, 0.717) is 0 Å². The highest BCUT2D eigenvalue weighted by Gasteiger charge is 2.51. The Bertz CT molecular complexity index is 914. The summed E-state index contributed by atoms with van der Waals surface area (Å²) >= 11 is 0. The van der Waals surface area contributed by atoms with E-state index in [4.69, 9.17) is 14.3 Å². The smallest absolute Gasteiger partial charge is 0.364 e. The average molecular weight is 427 g/mol. The van der Waals surface area contributed by atoms with Gasteiger partial charge >= 0.3 is 11.9 Å². The summed E-state index contributed by atoms with van der Waals surface area (Å²) in [4.78, 5) is 34.6. The van der Waals surface area contributed by atoms with Crippen molar-refractivity contribution in [3.63, 3.8) is 0 Å². The molecule has 0 saturated heterocycles. The number of carbonyl (C=O) groups is 2. The van der Waals surface area contributed by atoms with Crippen LogP contribution < -0.4 is 0 Å². The average Bonchev–Trinajstić information content (AvgIpc) is 2.99. The van der Waals surface area contributed by atoms with Crippen LogP contribution in [0.1, 0.15) is 25.8 Å². The molecule has 0 radical (unpaired) electrons. The van der Waals surface area contributed by atoms with Gasteiger partial charge in [-0.1, -0.05) is 12.1 Å². The van der Waals surface area contributed by atoms with Crippen LogP contribution in [-0.4, -0.2) is 75.6 Å². The minimum Gasteiger partial charge on any atom is -0.466 e. The molecule has 2 rings (SSSR count). The first-order valence-electron chi connectivity index (χ1n) is 8.96. The van der Waals surface area contributed by atoms with E-state index in [0.717, 1.165) is 9.37 Å². The number of hydroxylamine groups is 2. The van der Waals surface area contributed by atoms with E-state index in [1.54, 1.807) is 32.0 Å². The van der Waals surface area contributed by atoms with E-state index in [9.17, 15) is 18.0 Å². The van der Waals surface area contributed by atoms with Crippen LogP contribution in [0, 0.1) is 0 Å². The molecule has 0 amide bonds. The molecule has 1 atom stereocenters. The van der Waals surface area contributed by atoms with Crippen molar-refractivity contribution in [2.75, 3.05) is 34.4 Å². The van der Waals surface area contributed by atoms with Gasteiger partial charge in [-0.15, -0.1) is 0 Å². The molecular weight excluding hydrogens is 402 g/mol. The van der Waals surface area contributed by atoms with Crippen LogP contribution >= 0.6 is 0 Å². The van der Waals surface area contributed by atoms with Crippen LogP contribution in [0.3, 0.4) is 0 Å². The van der Waals surface area contributed by atoms with E-state index in [1.807, 2.05) is 0 Å². The Kier molecular flexibility index (Phi) is 6.98. The van der Waals surface area contributed by atoms with Crippen LogP contribution in [-0.2, 0) is 33.9 Å². The summed E-state index contributed by atoms with van der Waals surface area (Å²) in [6.07, 6.45) is -0.518. The Balaban J connectivity index is 2.60. The highest BCUT2D eigenvalue weighted by molar-refractivity contribution is 7.89. The van der Waals surface area contributed by atoms with Crippen molar-refractivity contribution in [1.82, 2.24) is 9.37 Å². The predicted molar refractivity (Wildman–Crippen MR) is 103 cm³/mol. The molecule has 29 heavy (non-hydrogen) atoms. The molecule has 1 heterocycles. The van der Waals surface area contributed by atoms with Gasteiger partial charge in [0.1, 0.15) is 6.42 Å². The lowest BCUT2D eigenvalue weighted by Gasteiger charge is -2.23. The van der Waals surface area contributed by atoms with E-state index in [-0.39, 0.29) is 29.5 Å². The molecule has 0 spiro atoms. The predicted octanol–water partition coefficient (Wildman–Crippen LogP) is 0.773. The number of rotatable bonds is 8. The van der Waals surface area contributed by atoms with Crippen molar-refractivity contribution < 1.29 is 32.3 Å². The van der Waals surface area contributed by atoms with E-state index >= 15 is 0 Å². The number of esters is 2. The van der Waals surface area contributed by atoms with E-state index in [1.165, 1.54) is 27.2 Å². The van der Waals surface area contributed by atoms with Crippen molar-refractivity contribution >= 4 is 27.8 Å². The number of nitrogens with zero attached hydrogens (tertiary/aromatic N) is 3. The summed E-state index contributed by atoms with van der Waals surface area (Å²) < 4.78 is 36.5. The van der Waals surface area contributed by atoms with Gasteiger partial charge in [-0.25, -0.2) is 32.4 Å². The van der Waals surface area contributed by atoms with Gasteiger partial charge in [-0.05, 0) is 26.0 Å². The van der Waals surface area contributed by atoms with E-state index in [2.05, 4.69) is 4.99 Å². The maximum atomic E-state index is 12.7. The van der Waals surface area contributed by atoms with Gasteiger partial charge in [0.25, 0.3) is 5.72 Å². The number of benzene rings is 1. The fourth-order valence-corrected chi connectivity index (χ4v) is 3.79. The molecule has 1 unspecified atom stereocenters. The maximum absolute atomic E-state index is 12.7. The van der Waals surface area contributed by atoms with Gasteiger partial charge in [-0.3, -0.25) is 4.79 Å². The Morgan fingerprint density at radius 1 is 1.17 bits per heavy atom. The third-order valence-corrected chi connectivity index (χ3v) is 5.92. The third kappa shape index (κ3) is 4.57. The summed E-state index contributed by atoms with van der Waals surface area (Å²) in [5.41, 5.74) is -1.78. The van der Waals surface area contributed by atoms with Gasteiger partial charge in [0.05, 0.1) is 18.1 Å². The molecule has 0 saturated carbocycles. The molecule has 1 aromatic carbocycles. The molecule has 11 heteroatoms. The molecule has 0 N–H and O–H groups in total. The molecule has 1 aliphatic rings. The number of hydrogen-bond acceptors (Lipinski definition) is 9. The number of amidine groups is 1. The molecule has 160 valence electrons. The lowest BCUT2D eigenvalue weighted by atomic mass is 10.1. The number of carbonyl (C=O) groups excluding carboxylic acids is 2. The standard InChI is InChI=1S/C18H25N3O7S/c1-6-26-15(22)12-18(17(23)27-7-2)19-16(21(5)28-18)13-10-8-9-11-14(13)29(24,25)20(3)4/h8-11H,6-7,12H2,1-5H3. The number of hydrogen-bond donors (Lipinski definition) is 0. The lowest BCUT2D eigenvalue weighted by molar-refractivity contribution is -0.207. The SMILES string of the molecule is CCOC(=O)CC1(C(=O)OCC)N=C(c2ccccc2S(=O)(=O)N(C)C)N(C)O1. The topological polar surface area (TPSA) is 115 Å². The van der Waals surface area contributed by atoms with Crippen molar-refractivity contribution in [3.8, 4) is 0 Å². The summed E-state index contributed by atoms with van der Waals surface area (Å²) in [6.45, 7) is 3.41. The second kappa shape index (κ2) is 8.89. The highest BCUT2D eigenvalue weighted by atomic mass is 32.2. The number of aliphatic imine (C=N–C) groups is 1. The first-order chi connectivity index (χ1) is 13.6. The Labute approximate surface area is 170 Å². The van der Waals surface area contributed by atoms with E-state index < -0.39 is 34.1 Å².